The zero-order valence-electron chi connectivity index (χ0n) is 4.89. The molecule has 2 heteroatoms. The summed E-state index contributed by atoms with van der Waals surface area (Å²) in [6, 6.07) is 0. The monoisotopic (exact) mass is 148 g/mol. The molecule has 0 bridgehead atoms. The van der Waals surface area contributed by atoms with Gasteiger partial charge in [-0.3, -0.25) is 0 Å². The van der Waals surface area contributed by atoms with Crippen LogP contribution < -0.4 is 0 Å². The minimum atomic E-state index is 0. The largest absolute Gasteiger partial charge is 0.197 e. The van der Waals surface area contributed by atoms with Gasteiger partial charge in [0.15, 0.2) is 0 Å². The van der Waals surface area contributed by atoms with Gasteiger partial charge in [0.25, 0.3) is 0 Å². The Morgan fingerprint density at radius 3 is 1.75 bits per heavy atom. The lowest BCUT2D eigenvalue weighted by Crippen LogP contribution is -1.69. The van der Waals surface area contributed by atoms with Crippen molar-refractivity contribution >= 4 is 25.3 Å². The van der Waals surface area contributed by atoms with Crippen molar-refractivity contribution in [2.45, 2.75) is 0 Å². The van der Waals surface area contributed by atoms with E-state index in [2.05, 4.69) is 13.2 Å². The molecule has 0 heterocycles. The molecule has 0 spiro atoms. The van der Waals surface area contributed by atoms with E-state index in [9.17, 15) is 0 Å². The predicted octanol–water partition coefficient (Wildman–Crippen LogP) is 2.20. The van der Waals surface area contributed by atoms with E-state index in [0.29, 0.717) is 0 Å². The van der Waals surface area contributed by atoms with Crippen LogP contribution in [0.3, 0.4) is 0 Å². The molecule has 0 aromatic rings. The first-order valence-electron chi connectivity index (χ1n) is 2.21. The van der Waals surface area contributed by atoms with E-state index in [0.717, 1.165) is 11.5 Å². The smallest absolute Gasteiger partial charge is 0.0113 e. The van der Waals surface area contributed by atoms with Gasteiger partial charge in [0, 0.05) is 11.5 Å². The highest BCUT2D eigenvalue weighted by molar-refractivity contribution is 7.99. The number of thioether (sulfide) groups is 1. The standard InChI is InChI=1S/C6H10S.H2S/c1-3-5-7-6-4-2;/h3-4H,1-2,5-6H2;1H2. The van der Waals surface area contributed by atoms with E-state index in [1.54, 1.807) is 0 Å². The topological polar surface area (TPSA) is 0 Å². The van der Waals surface area contributed by atoms with Crippen molar-refractivity contribution in [1.29, 1.82) is 0 Å². The molecule has 8 heavy (non-hydrogen) atoms. The highest BCUT2D eigenvalue weighted by atomic mass is 32.2. The fourth-order valence-corrected chi connectivity index (χ4v) is 0.704. The Balaban J connectivity index is 0. The average Bonchev–Trinajstić information content (AvgIpc) is 1.69. The highest BCUT2D eigenvalue weighted by Gasteiger charge is 1.73. The third-order valence-electron chi connectivity index (χ3n) is 0.471. The van der Waals surface area contributed by atoms with Crippen molar-refractivity contribution in [3.8, 4) is 0 Å². The maximum absolute atomic E-state index is 3.58. The Morgan fingerprint density at radius 2 is 1.50 bits per heavy atom. The maximum Gasteiger partial charge on any atom is 0.0113 e. The van der Waals surface area contributed by atoms with Gasteiger partial charge in [-0.25, -0.2) is 0 Å². The molecule has 0 aliphatic heterocycles. The van der Waals surface area contributed by atoms with Crippen molar-refractivity contribution < 1.29 is 0 Å². The van der Waals surface area contributed by atoms with Gasteiger partial charge in [-0.05, 0) is 0 Å². The fourth-order valence-electron chi connectivity index (χ4n) is 0.235. The van der Waals surface area contributed by atoms with E-state index in [-0.39, 0.29) is 13.5 Å². The Labute approximate surface area is 62.5 Å². The lowest BCUT2D eigenvalue weighted by molar-refractivity contribution is 1.74. The minimum Gasteiger partial charge on any atom is -0.197 e. The SMILES string of the molecule is C=CCSCC=C.S. The lowest BCUT2D eigenvalue weighted by atomic mass is 10.8. The second kappa shape index (κ2) is 10.2. The van der Waals surface area contributed by atoms with Crippen LogP contribution in [0.4, 0.5) is 0 Å². The van der Waals surface area contributed by atoms with Crippen LogP contribution in [-0.2, 0) is 0 Å². The Morgan fingerprint density at radius 1 is 1.12 bits per heavy atom. The summed E-state index contributed by atoms with van der Waals surface area (Å²) in [6.45, 7) is 7.15. The lowest BCUT2D eigenvalue weighted by Gasteiger charge is -1.85. The molecule has 0 nitrogen and oxygen atoms in total. The van der Waals surface area contributed by atoms with Gasteiger partial charge >= 0.3 is 0 Å². The van der Waals surface area contributed by atoms with Gasteiger partial charge in [0.2, 0.25) is 0 Å². The van der Waals surface area contributed by atoms with Crippen molar-refractivity contribution in [1.82, 2.24) is 0 Å². The molecule has 48 valence electrons. The second-order valence-corrected chi connectivity index (χ2v) is 2.19. The van der Waals surface area contributed by atoms with Gasteiger partial charge in [0.1, 0.15) is 0 Å². The van der Waals surface area contributed by atoms with Crippen LogP contribution in [0.25, 0.3) is 0 Å². The molecule has 0 amide bonds. The summed E-state index contributed by atoms with van der Waals surface area (Å²) in [5, 5.41) is 0. The molecule has 0 aliphatic carbocycles. The first-order chi connectivity index (χ1) is 3.41. The van der Waals surface area contributed by atoms with E-state index in [4.69, 9.17) is 0 Å². The van der Waals surface area contributed by atoms with Crippen molar-refractivity contribution in [2.24, 2.45) is 0 Å². The quantitative estimate of drug-likeness (QED) is 0.435. The number of hydrogen-bond donors (Lipinski definition) is 0. The maximum atomic E-state index is 3.58. The van der Waals surface area contributed by atoms with Crippen LogP contribution in [0.5, 0.6) is 0 Å². The molecule has 0 saturated carbocycles. The van der Waals surface area contributed by atoms with Crippen molar-refractivity contribution in [2.75, 3.05) is 11.5 Å². The zero-order chi connectivity index (χ0) is 5.54. The fraction of sp³-hybridized carbons (Fsp3) is 0.333. The van der Waals surface area contributed by atoms with Crippen LogP contribution in [0, 0.1) is 0 Å². The number of hydrogen-bond acceptors (Lipinski definition) is 1. The third-order valence-corrected chi connectivity index (χ3v) is 1.41. The van der Waals surface area contributed by atoms with Crippen LogP contribution in [0.15, 0.2) is 25.3 Å². The summed E-state index contributed by atoms with van der Waals surface area (Å²) >= 11 is 1.82. The molecular formula is C6H12S2. The minimum absolute atomic E-state index is 0. The van der Waals surface area contributed by atoms with Crippen LogP contribution >= 0.6 is 25.3 Å². The normalized spacial score (nSPS) is 7.00. The summed E-state index contributed by atoms with van der Waals surface area (Å²) < 4.78 is 0. The molecule has 0 atom stereocenters. The third kappa shape index (κ3) is 9.49. The van der Waals surface area contributed by atoms with Gasteiger partial charge in [-0.15, -0.1) is 13.2 Å². The molecule has 0 radical (unpaired) electrons. The van der Waals surface area contributed by atoms with Crippen molar-refractivity contribution in [3.63, 3.8) is 0 Å². The highest BCUT2D eigenvalue weighted by Crippen LogP contribution is 1.97. The summed E-state index contributed by atoms with van der Waals surface area (Å²) in [5.41, 5.74) is 0. The number of rotatable bonds is 4. The molecule has 0 fully saturated rings. The Kier molecular flexibility index (Phi) is 14.1. The molecule has 0 saturated heterocycles. The van der Waals surface area contributed by atoms with Gasteiger partial charge in [-0.2, -0.15) is 25.3 Å². The van der Waals surface area contributed by atoms with Crippen LogP contribution in [0.1, 0.15) is 0 Å². The second-order valence-electron chi connectivity index (χ2n) is 1.11. The van der Waals surface area contributed by atoms with Gasteiger partial charge < -0.3 is 0 Å². The molecule has 0 aromatic heterocycles. The molecule has 0 unspecified atom stereocenters. The van der Waals surface area contributed by atoms with Crippen LogP contribution in [0.2, 0.25) is 0 Å². The van der Waals surface area contributed by atoms with Crippen LogP contribution in [-0.4, -0.2) is 11.5 Å². The van der Waals surface area contributed by atoms with E-state index >= 15 is 0 Å². The van der Waals surface area contributed by atoms with E-state index in [1.165, 1.54) is 0 Å². The molecular weight excluding hydrogens is 136 g/mol. The summed E-state index contributed by atoms with van der Waals surface area (Å²) in [7, 11) is 0. The summed E-state index contributed by atoms with van der Waals surface area (Å²) in [6.07, 6.45) is 3.79. The zero-order valence-corrected chi connectivity index (χ0v) is 6.71. The molecule has 0 N–H and O–H groups in total. The van der Waals surface area contributed by atoms with E-state index in [1.807, 2.05) is 23.9 Å². The van der Waals surface area contributed by atoms with Gasteiger partial charge in [0.05, 0.1) is 0 Å². The Bertz CT molecular complexity index is 51.5. The Hall–Kier alpha value is 0.180. The van der Waals surface area contributed by atoms with Crippen molar-refractivity contribution in [3.05, 3.63) is 25.3 Å². The van der Waals surface area contributed by atoms with Gasteiger partial charge in [-0.1, -0.05) is 12.2 Å². The first-order valence-corrected chi connectivity index (χ1v) is 3.37. The van der Waals surface area contributed by atoms with E-state index < -0.39 is 0 Å². The average molecular weight is 148 g/mol. The molecule has 0 rings (SSSR count). The molecule has 0 aliphatic rings. The predicted molar refractivity (Wildman–Crippen MR) is 48.1 cm³/mol. The summed E-state index contributed by atoms with van der Waals surface area (Å²) in [5.74, 6) is 2.07. The first kappa shape index (κ1) is 11.0. The summed E-state index contributed by atoms with van der Waals surface area (Å²) in [4.78, 5) is 0. The molecule has 0 aromatic carbocycles.